The summed E-state index contributed by atoms with van der Waals surface area (Å²) in [5, 5.41) is 2.87. The van der Waals surface area contributed by atoms with Gasteiger partial charge in [0, 0.05) is 12.3 Å². The first-order valence-electron chi connectivity index (χ1n) is 5.00. The van der Waals surface area contributed by atoms with Crippen LogP contribution in [0, 0.1) is 6.92 Å². The quantitative estimate of drug-likeness (QED) is 0.633. The first kappa shape index (κ1) is 12.9. The maximum atomic E-state index is 11.4. The van der Waals surface area contributed by atoms with Crippen molar-refractivity contribution in [2.75, 3.05) is 18.5 Å². The van der Waals surface area contributed by atoms with Crippen LogP contribution in [0.5, 0.6) is 0 Å². The number of carbonyl (C=O) groups is 1. The second kappa shape index (κ2) is 6.40. The van der Waals surface area contributed by atoms with Gasteiger partial charge >= 0.3 is 0 Å². The van der Waals surface area contributed by atoms with Crippen LogP contribution in [0.3, 0.4) is 0 Å². The molecule has 0 bridgehead atoms. The number of aromatic nitrogens is 2. The zero-order valence-electron chi connectivity index (χ0n) is 9.29. The molecule has 0 atom stereocenters. The van der Waals surface area contributed by atoms with Gasteiger partial charge in [-0.3, -0.25) is 10.1 Å². The van der Waals surface area contributed by atoms with Gasteiger partial charge in [0.1, 0.15) is 5.15 Å². The molecule has 0 saturated carbocycles. The lowest BCUT2D eigenvalue weighted by Gasteiger charge is -2.04. The van der Waals surface area contributed by atoms with Crippen molar-refractivity contribution in [3.63, 3.8) is 0 Å². The van der Waals surface area contributed by atoms with E-state index < -0.39 is 0 Å². The van der Waals surface area contributed by atoms with Gasteiger partial charge in [0.2, 0.25) is 11.9 Å². The summed E-state index contributed by atoms with van der Waals surface area (Å²) >= 11 is 5.73. The van der Waals surface area contributed by atoms with Crippen LogP contribution in [0.4, 0.5) is 5.95 Å². The molecular formula is C10H14ClN3O2. The van der Waals surface area contributed by atoms with Gasteiger partial charge < -0.3 is 4.74 Å². The first-order valence-corrected chi connectivity index (χ1v) is 5.38. The summed E-state index contributed by atoms with van der Waals surface area (Å²) in [5.74, 6) is 0.0432. The molecule has 1 rings (SSSR count). The normalized spacial score (nSPS) is 10.2. The summed E-state index contributed by atoms with van der Waals surface area (Å²) < 4.78 is 5.06. The minimum Gasteiger partial charge on any atom is -0.381 e. The molecule has 1 heterocycles. The predicted molar refractivity (Wildman–Crippen MR) is 61.5 cm³/mol. The van der Waals surface area contributed by atoms with Gasteiger partial charge in [-0.05, 0) is 19.9 Å². The van der Waals surface area contributed by atoms with E-state index in [0.29, 0.717) is 24.1 Å². The fourth-order valence-electron chi connectivity index (χ4n) is 1.08. The van der Waals surface area contributed by atoms with Crippen molar-refractivity contribution in [1.82, 2.24) is 9.97 Å². The molecule has 0 unspecified atom stereocenters. The third kappa shape index (κ3) is 4.55. The highest BCUT2D eigenvalue weighted by Crippen LogP contribution is 2.09. The smallest absolute Gasteiger partial charge is 0.231 e. The Morgan fingerprint density at radius 2 is 2.31 bits per heavy atom. The van der Waals surface area contributed by atoms with Gasteiger partial charge in [-0.1, -0.05) is 11.6 Å². The van der Waals surface area contributed by atoms with Crippen molar-refractivity contribution in [3.05, 3.63) is 16.9 Å². The van der Waals surface area contributed by atoms with Gasteiger partial charge in [-0.2, -0.15) is 0 Å². The van der Waals surface area contributed by atoms with Gasteiger partial charge in [0.05, 0.1) is 13.0 Å². The van der Waals surface area contributed by atoms with Gasteiger partial charge in [-0.15, -0.1) is 0 Å². The van der Waals surface area contributed by atoms with E-state index in [0.717, 1.165) is 0 Å². The highest BCUT2D eigenvalue weighted by atomic mass is 35.5. The maximum Gasteiger partial charge on any atom is 0.231 e. The van der Waals surface area contributed by atoms with Crippen molar-refractivity contribution in [1.29, 1.82) is 0 Å². The number of hydrogen-bond acceptors (Lipinski definition) is 4. The topological polar surface area (TPSA) is 64.1 Å². The summed E-state index contributed by atoms with van der Waals surface area (Å²) in [6, 6.07) is 1.62. The van der Waals surface area contributed by atoms with Crippen LogP contribution in [0.25, 0.3) is 0 Å². The predicted octanol–water partition coefficient (Wildman–Crippen LogP) is 1.80. The molecule has 0 radical (unpaired) electrons. The summed E-state index contributed by atoms with van der Waals surface area (Å²) in [6.45, 7) is 4.65. The first-order chi connectivity index (χ1) is 7.61. The van der Waals surface area contributed by atoms with Crippen LogP contribution in [0.2, 0.25) is 5.15 Å². The Balaban J connectivity index is 2.49. The Kier molecular flexibility index (Phi) is 5.14. The molecule has 1 aromatic rings. The molecule has 0 aliphatic rings. The number of anilines is 1. The molecule has 0 fully saturated rings. The molecule has 1 aromatic heterocycles. The average molecular weight is 244 g/mol. The van der Waals surface area contributed by atoms with Crippen molar-refractivity contribution >= 4 is 23.5 Å². The zero-order valence-corrected chi connectivity index (χ0v) is 10.0. The van der Waals surface area contributed by atoms with E-state index in [2.05, 4.69) is 15.3 Å². The molecular weight excluding hydrogens is 230 g/mol. The number of carbonyl (C=O) groups excluding carboxylic acids is 1. The summed E-state index contributed by atoms with van der Waals surface area (Å²) in [4.78, 5) is 19.3. The number of nitrogens with zero attached hydrogens (tertiary/aromatic N) is 2. The summed E-state index contributed by atoms with van der Waals surface area (Å²) in [5.41, 5.74) is 0.708. The maximum absolute atomic E-state index is 11.4. The Morgan fingerprint density at radius 3 is 2.94 bits per heavy atom. The van der Waals surface area contributed by atoms with E-state index in [-0.39, 0.29) is 18.3 Å². The monoisotopic (exact) mass is 243 g/mol. The molecule has 88 valence electrons. The molecule has 6 heteroatoms. The number of nitrogens with one attached hydrogen (secondary N) is 1. The van der Waals surface area contributed by atoms with E-state index in [1.54, 1.807) is 13.0 Å². The molecule has 0 spiro atoms. The molecule has 1 N–H and O–H groups in total. The number of halogens is 1. The van der Waals surface area contributed by atoms with Gasteiger partial charge in [-0.25, -0.2) is 9.97 Å². The molecule has 16 heavy (non-hydrogen) atoms. The molecule has 5 nitrogen and oxygen atoms in total. The Hall–Kier alpha value is -1.20. The fraction of sp³-hybridized carbons (Fsp3) is 0.500. The minimum atomic E-state index is -0.185. The Bertz CT molecular complexity index is 351. The third-order valence-electron chi connectivity index (χ3n) is 1.75. The molecule has 1 amide bonds. The highest BCUT2D eigenvalue weighted by Gasteiger charge is 2.05. The lowest BCUT2D eigenvalue weighted by Crippen LogP contribution is -2.16. The van der Waals surface area contributed by atoms with Crippen molar-refractivity contribution < 1.29 is 9.53 Å². The number of ether oxygens (including phenoxy) is 1. The molecule has 0 aliphatic heterocycles. The van der Waals surface area contributed by atoms with Crippen molar-refractivity contribution in [2.24, 2.45) is 0 Å². The minimum absolute atomic E-state index is 0.185. The highest BCUT2D eigenvalue weighted by molar-refractivity contribution is 6.29. The zero-order chi connectivity index (χ0) is 12.0. The Morgan fingerprint density at radius 1 is 1.56 bits per heavy atom. The van der Waals surface area contributed by atoms with E-state index in [9.17, 15) is 4.79 Å². The van der Waals surface area contributed by atoms with E-state index in [1.807, 2.05) is 6.92 Å². The van der Waals surface area contributed by atoms with Crippen LogP contribution in [-0.2, 0) is 9.53 Å². The molecule has 0 aromatic carbocycles. The van der Waals surface area contributed by atoms with Crippen LogP contribution in [-0.4, -0.2) is 29.1 Å². The molecule has 0 aliphatic carbocycles. The Labute approximate surface area is 99.2 Å². The SMILES string of the molecule is CCOCCC(=O)Nc1nc(C)cc(Cl)n1. The fourth-order valence-corrected chi connectivity index (χ4v) is 1.32. The largest absolute Gasteiger partial charge is 0.381 e. The van der Waals surface area contributed by atoms with E-state index in [1.165, 1.54) is 0 Å². The van der Waals surface area contributed by atoms with Crippen LogP contribution in [0.15, 0.2) is 6.07 Å². The van der Waals surface area contributed by atoms with Crippen molar-refractivity contribution in [3.8, 4) is 0 Å². The second-order valence-corrected chi connectivity index (χ2v) is 3.54. The number of hydrogen-bond donors (Lipinski definition) is 1. The lowest BCUT2D eigenvalue weighted by molar-refractivity contribution is -0.117. The number of rotatable bonds is 5. The standard InChI is InChI=1S/C10H14ClN3O2/c1-3-16-5-4-9(15)14-10-12-7(2)6-8(11)13-10/h6H,3-5H2,1-2H3,(H,12,13,14,15). The van der Waals surface area contributed by atoms with Gasteiger partial charge in [0.15, 0.2) is 0 Å². The van der Waals surface area contributed by atoms with Crippen molar-refractivity contribution in [2.45, 2.75) is 20.3 Å². The van der Waals surface area contributed by atoms with Crippen LogP contribution < -0.4 is 5.32 Å². The number of amides is 1. The lowest BCUT2D eigenvalue weighted by atomic mass is 10.4. The number of aryl methyl sites for hydroxylation is 1. The average Bonchev–Trinajstić information content (AvgIpc) is 2.16. The van der Waals surface area contributed by atoms with Crippen LogP contribution >= 0.6 is 11.6 Å². The summed E-state index contributed by atoms with van der Waals surface area (Å²) in [7, 11) is 0. The van der Waals surface area contributed by atoms with E-state index >= 15 is 0 Å². The second-order valence-electron chi connectivity index (χ2n) is 3.15. The van der Waals surface area contributed by atoms with E-state index in [4.69, 9.17) is 16.3 Å². The molecule has 0 saturated heterocycles. The third-order valence-corrected chi connectivity index (χ3v) is 1.95. The van der Waals surface area contributed by atoms with Gasteiger partial charge in [0.25, 0.3) is 0 Å². The summed E-state index contributed by atoms with van der Waals surface area (Å²) in [6.07, 6.45) is 0.281. The van der Waals surface area contributed by atoms with Crippen LogP contribution in [0.1, 0.15) is 19.0 Å².